The van der Waals surface area contributed by atoms with Gasteiger partial charge in [0.05, 0.1) is 30.7 Å². The van der Waals surface area contributed by atoms with E-state index in [0.717, 1.165) is 24.9 Å². The van der Waals surface area contributed by atoms with Gasteiger partial charge in [-0.3, -0.25) is 14.6 Å². The number of urea groups is 1. The minimum atomic E-state index is -0.593. The summed E-state index contributed by atoms with van der Waals surface area (Å²) in [6.45, 7) is 5.84. The molecule has 1 aromatic rings. The van der Waals surface area contributed by atoms with Crippen LogP contribution in [0.3, 0.4) is 0 Å². The summed E-state index contributed by atoms with van der Waals surface area (Å²) in [5.41, 5.74) is 1.83. The lowest BCUT2D eigenvalue weighted by Crippen LogP contribution is -2.50. The van der Waals surface area contributed by atoms with Crippen LogP contribution in [0.15, 0.2) is 41.6 Å². The molecule has 0 radical (unpaired) electrons. The number of benzene rings is 1. The van der Waals surface area contributed by atoms with Crippen molar-refractivity contribution >= 4 is 18.0 Å². The van der Waals surface area contributed by atoms with E-state index >= 15 is 0 Å². The molecule has 2 amide bonds. The second-order valence-corrected chi connectivity index (χ2v) is 7.76. The topological polar surface area (TPSA) is 88.2 Å². The Morgan fingerprint density at radius 1 is 1.13 bits per heavy atom. The molecule has 0 bridgehead atoms. The maximum absolute atomic E-state index is 13.0. The molecule has 2 aliphatic rings. The number of piperidine rings is 1. The molecule has 1 fully saturated rings. The van der Waals surface area contributed by atoms with Crippen LogP contribution in [0.2, 0.25) is 0 Å². The largest absolute Gasteiger partial charge is 0.466 e. The second-order valence-electron chi connectivity index (χ2n) is 7.76. The van der Waals surface area contributed by atoms with Gasteiger partial charge < -0.3 is 14.8 Å². The van der Waals surface area contributed by atoms with Crippen molar-refractivity contribution in [3.63, 3.8) is 0 Å². The smallest absolute Gasteiger partial charge is 0.338 e. The molecule has 3 rings (SSSR count). The Bertz CT molecular complexity index is 839. The first-order chi connectivity index (χ1) is 15.0. The van der Waals surface area contributed by atoms with Gasteiger partial charge in [-0.25, -0.2) is 9.59 Å². The van der Waals surface area contributed by atoms with Crippen LogP contribution in [-0.2, 0) is 19.1 Å². The molecule has 0 saturated carbocycles. The van der Waals surface area contributed by atoms with Crippen molar-refractivity contribution in [2.45, 2.75) is 32.7 Å². The van der Waals surface area contributed by atoms with E-state index in [1.165, 1.54) is 4.90 Å². The zero-order chi connectivity index (χ0) is 22.4. The first-order valence-electron chi connectivity index (χ1n) is 10.8. The highest BCUT2D eigenvalue weighted by molar-refractivity contribution is 5.95. The van der Waals surface area contributed by atoms with E-state index in [9.17, 15) is 14.4 Å². The zero-order valence-corrected chi connectivity index (χ0v) is 18.4. The molecule has 0 aromatic heterocycles. The van der Waals surface area contributed by atoms with Crippen LogP contribution in [0.5, 0.6) is 0 Å². The Balaban J connectivity index is 1.94. The van der Waals surface area contributed by atoms with Gasteiger partial charge in [-0.1, -0.05) is 30.3 Å². The Labute approximate surface area is 183 Å². The van der Waals surface area contributed by atoms with Gasteiger partial charge in [-0.15, -0.1) is 0 Å². The molecule has 8 nitrogen and oxygen atoms in total. The van der Waals surface area contributed by atoms with Crippen LogP contribution in [0.4, 0.5) is 4.79 Å². The molecule has 2 heterocycles. The number of nitrogens with one attached hydrogen (secondary N) is 1. The van der Waals surface area contributed by atoms with E-state index in [1.54, 1.807) is 20.9 Å². The quantitative estimate of drug-likeness (QED) is 0.670. The highest BCUT2D eigenvalue weighted by Crippen LogP contribution is 2.32. The Hall–Kier alpha value is -2.87. The summed E-state index contributed by atoms with van der Waals surface area (Å²) in [6, 6.07) is 8.52. The summed E-state index contributed by atoms with van der Waals surface area (Å²) in [5.74, 6) is -0.839. The molecule has 0 unspecified atom stereocenters. The van der Waals surface area contributed by atoms with E-state index < -0.39 is 12.0 Å². The van der Waals surface area contributed by atoms with Crippen molar-refractivity contribution in [2.24, 2.45) is 5.92 Å². The van der Waals surface area contributed by atoms with Gasteiger partial charge in [0.15, 0.2) is 0 Å². The summed E-state index contributed by atoms with van der Waals surface area (Å²) in [6.07, 6.45) is 1.63. The van der Waals surface area contributed by atoms with E-state index in [-0.39, 0.29) is 24.5 Å². The molecule has 0 aliphatic carbocycles. The van der Waals surface area contributed by atoms with Crippen LogP contribution < -0.4 is 5.32 Å². The molecule has 2 atom stereocenters. The summed E-state index contributed by atoms with van der Waals surface area (Å²) in [4.78, 5) is 41.6. The number of carbonyl (C=O) groups is 3. The molecular weight excluding hydrogens is 398 g/mol. The van der Waals surface area contributed by atoms with Gasteiger partial charge in [0.25, 0.3) is 0 Å². The van der Waals surface area contributed by atoms with Gasteiger partial charge in [0.1, 0.15) is 0 Å². The van der Waals surface area contributed by atoms with E-state index in [4.69, 9.17) is 9.47 Å². The molecular formula is C23H31N3O5. The van der Waals surface area contributed by atoms with Crippen molar-refractivity contribution in [3.05, 3.63) is 47.2 Å². The van der Waals surface area contributed by atoms with Gasteiger partial charge >= 0.3 is 18.0 Å². The van der Waals surface area contributed by atoms with Crippen LogP contribution in [0.25, 0.3) is 0 Å². The van der Waals surface area contributed by atoms with Crippen molar-refractivity contribution in [3.8, 4) is 0 Å². The van der Waals surface area contributed by atoms with Crippen molar-refractivity contribution in [2.75, 3.05) is 39.9 Å². The fraction of sp³-hybridized carbons (Fsp3) is 0.522. The first-order valence-corrected chi connectivity index (χ1v) is 10.8. The summed E-state index contributed by atoms with van der Waals surface area (Å²) < 4.78 is 10.6. The third-order valence-electron chi connectivity index (χ3n) is 5.70. The fourth-order valence-corrected chi connectivity index (χ4v) is 4.16. The second kappa shape index (κ2) is 10.4. The van der Waals surface area contributed by atoms with Crippen LogP contribution in [0.1, 0.15) is 38.3 Å². The van der Waals surface area contributed by atoms with Crippen LogP contribution in [-0.4, -0.2) is 67.7 Å². The number of carbonyl (C=O) groups excluding carboxylic acids is 3. The van der Waals surface area contributed by atoms with Crippen molar-refractivity contribution in [1.29, 1.82) is 0 Å². The minimum Gasteiger partial charge on any atom is -0.466 e. The molecule has 31 heavy (non-hydrogen) atoms. The molecule has 168 valence electrons. The van der Waals surface area contributed by atoms with E-state index in [1.807, 2.05) is 30.3 Å². The molecule has 8 heteroatoms. The number of ether oxygens (including phenoxy) is 2. The van der Waals surface area contributed by atoms with Crippen molar-refractivity contribution in [1.82, 2.24) is 15.1 Å². The summed E-state index contributed by atoms with van der Waals surface area (Å²) in [7, 11) is 1.65. The van der Waals surface area contributed by atoms with E-state index in [2.05, 4.69) is 10.2 Å². The summed E-state index contributed by atoms with van der Waals surface area (Å²) >= 11 is 0. The Kier molecular flexibility index (Phi) is 7.68. The normalized spacial score (nSPS) is 22.2. The van der Waals surface area contributed by atoms with Crippen molar-refractivity contribution < 1.29 is 23.9 Å². The number of rotatable bonds is 7. The minimum absolute atomic E-state index is 0.191. The Morgan fingerprint density at radius 3 is 2.52 bits per heavy atom. The predicted octanol–water partition coefficient (Wildman–Crippen LogP) is 2.48. The lowest BCUT2D eigenvalue weighted by molar-refractivity contribution is -0.150. The monoisotopic (exact) mass is 429 g/mol. The first kappa shape index (κ1) is 22.8. The third-order valence-corrected chi connectivity index (χ3v) is 5.70. The number of likely N-dealkylation sites (N-methyl/N-ethyl adjacent to an activating group) is 1. The van der Waals surface area contributed by atoms with E-state index in [0.29, 0.717) is 31.0 Å². The Morgan fingerprint density at radius 2 is 1.84 bits per heavy atom. The fourth-order valence-electron chi connectivity index (χ4n) is 4.16. The van der Waals surface area contributed by atoms with Gasteiger partial charge in [0.2, 0.25) is 0 Å². The average molecular weight is 430 g/mol. The van der Waals surface area contributed by atoms with Crippen LogP contribution >= 0.6 is 0 Å². The standard InChI is InChI=1S/C23H31N3O5/c1-4-30-21(27)17-12-9-13-26(14-17)15-18-19(22(28)31-5-2)20(24-23(29)25(18)3)16-10-7-6-8-11-16/h6-8,10-11,17,20H,4-5,9,12-15H2,1-3H3,(H,24,29)/t17-,20-/m1/s1. The van der Waals surface area contributed by atoms with Gasteiger partial charge in [0, 0.05) is 25.8 Å². The number of nitrogens with zero attached hydrogens (tertiary/aromatic N) is 2. The maximum Gasteiger partial charge on any atom is 0.338 e. The highest BCUT2D eigenvalue weighted by Gasteiger charge is 2.38. The maximum atomic E-state index is 13.0. The number of hydrogen-bond acceptors (Lipinski definition) is 6. The molecule has 1 N–H and O–H groups in total. The number of amides is 2. The average Bonchev–Trinajstić information content (AvgIpc) is 2.78. The SMILES string of the molecule is CCOC(=O)C1=C(CN2CCC[C@@H](C(=O)OCC)C2)N(C)C(=O)N[C@@H]1c1ccccc1. The lowest BCUT2D eigenvalue weighted by atomic mass is 9.93. The number of esters is 2. The third kappa shape index (κ3) is 5.25. The van der Waals surface area contributed by atoms with Gasteiger partial charge in [-0.2, -0.15) is 0 Å². The number of likely N-dealkylation sites (tertiary alicyclic amines) is 1. The number of hydrogen-bond donors (Lipinski definition) is 1. The molecule has 2 aliphatic heterocycles. The predicted molar refractivity (Wildman–Crippen MR) is 115 cm³/mol. The molecule has 1 aromatic carbocycles. The molecule has 1 saturated heterocycles. The van der Waals surface area contributed by atoms with Crippen LogP contribution in [0, 0.1) is 5.92 Å². The lowest BCUT2D eigenvalue weighted by Gasteiger charge is -2.38. The van der Waals surface area contributed by atoms with Gasteiger partial charge in [-0.05, 0) is 38.8 Å². The highest BCUT2D eigenvalue weighted by atomic mass is 16.5. The summed E-state index contributed by atoms with van der Waals surface area (Å²) in [5, 5.41) is 2.92. The molecule has 0 spiro atoms. The zero-order valence-electron chi connectivity index (χ0n) is 18.4.